The number of primary amides is 1. The van der Waals surface area contributed by atoms with Crippen molar-refractivity contribution in [3.05, 3.63) is 71.0 Å². The molecule has 1 aliphatic heterocycles. The van der Waals surface area contributed by atoms with E-state index >= 15 is 4.39 Å². The van der Waals surface area contributed by atoms with E-state index in [-0.39, 0.29) is 11.7 Å². The van der Waals surface area contributed by atoms with Crippen LogP contribution in [0.3, 0.4) is 0 Å². The summed E-state index contributed by atoms with van der Waals surface area (Å²) in [5.41, 5.74) is 9.37. The van der Waals surface area contributed by atoms with Crippen LogP contribution in [-0.2, 0) is 17.8 Å². The molecule has 0 spiro atoms. The molecule has 2 amide bonds. The molecule has 7 heteroatoms. The van der Waals surface area contributed by atoms with Crippen LogP contribution in [0.2, 0.25) is 0 Å². The highest BCUT2D eigenvalue weighted by molar-refractivity contribution is 6.19. The summed E-state index contributed by atoms with van der Waals surface area (Å²) in [5, 5.41) is 1.42. The third-order valence-corrected chi connectivity index (χ3v) is 5.87. The molecule has 0 bridgehead atoms. The number of carbonyl (C=O) groups excluding carboxylic acids is 2. The summed E-state index contributed by atoms with van der Waals surface area (Å²) in [7, 11) is 0. The van der Waals surface area contributed by atoms with Gasteiger partial charge in [-0.3, -0.25) is 9.69 Å². The Balaban J connectivity index is 1.63. The minimum absolute atomic E-state index is 0.111. The number of benzene rings is 3. The molecule has 0 radical (unpaired) electrons. The summed E-state index contributed by atoms with van der Waals surface area (Å²) in [6.07, 6.45) is -0.378. The Morgan fingerprint density at radius 2 is 1.79 bits per heavy atom. The largest absolute Gasteiger partial charge is 0.444 e. The molecule has 6 nitrogen and oxygen atoms in total. The van der Waals surface area contributed by atoms with Crippen molar-refractivity contribution in [2.24, 2.45) is 5.73 Å². The summed E-state index contributed by atoms with van der Waals surface area (Å²) < 4.78 is 21.0. The van der Waals surface area contributed by atoms with Gasteiger partial charge in [-0.1, -0.05) is 30.3 Å². The number of halogens is 1. The quantitative estimate of drug-likeness (QED) is 0.428. The summed E-state index contributed by atoms with van der Waals surface area (Å²) in [6.45, 7) is 6.32. The molecule has 0 saturated heterocycles. The number of rotatable bonds is 2. The summed E-state index contributed by atoms with van der Waals surface area (Å²) in [6, 6.07) is 14.4. The molecule has 1 aromatic heterocycles. The van der Waals surface area contributed by atoms with E-state index in [0.717, 1.165) is 22.0 Å². The molecule has 0 aliphatic carbocycles. The zero-order chi connectivity index (χ0) is 23.5. The van der Waals surface area contributed by atoms with Crippen molar-refractivity contribution >= 4 is 33.8 Å². The van der Waals surface area contributed by atoms with E-state index in [2.05, 4.69) is 4.98 Å². The number of hydrogen-bond acceptors (Lipinski definition) is 3. The number of nitrogens with two attached hydrogens (primary N) is 1. The lowest BCUT2D eigenvalue weighted by atomic mass is 9.94. The number of ether oxygens (including phenoxy) is 1. The lowest BCUT2D eigenvalue weighted by molar-refractivity contribution is 0.0241. The predicted octanol–water partition coefficient (Wildman–Crippen LogP) is 5.48. The van der Waals surface area contributed by atoms with E-state index in [1.54, 1.807) is 4.90 Å². The summed E-state index contributed by atoms with van der Waals surface area (Å²) >= 11 is 0. The van der Waals surface area contributed by atoms with Gasteiger partial charge in [0.25, 0.3) is 5.91 Å². The Labute approximate surface area is 190 Å². The van der Waals surface area contributed by atoms with Gasteiger partial charge in [0.2, 0.25) is 0 Å². The first kappa shape index (κ1) is 21.0. The predicted molar refractivity (Wildman–Crippen MR) is 125 cm³/mol. The maximum Gasteiger partial charge on any atom is 0.410 e. The van der Waals surface area contributed by atoms with Gasteiger partial charge in [-0.2, -0.15) is 0 Å². The molecule has 168 valence electrons. The number of nitrogens with one attached hydrogen (secondary N) is 1. The van der Waals surface area contributed by atoms with Crippen molar-refractivity contribution in [2.45, 2.75) is 39.5 Å². The van der Waals surface area contributed by atoms with Crippen LogP contribution in [0.5, 0.6) is 0 Å². The van der Waals surface area contributed by atoms with Crippen LogP contribution in [0.15, 0.2) is 48.5 Å². The average molecular weight is 445 g/mol. The minimum Gasteiger partial charge on any atom is -0.444 e. The highest BCUT2D eigenvalue weighted by Gasteiger charge is 2.29. The minimum atomic E-state index is -0.695. The lowest BCUT2D eigenvalue weighted by Gasteiger charge is -2.24. The second-order valence-corrected chi connectivity index (χ2v) is 9.39. The fraction of sp³-hybridized carbons (Fsp3) is 0.231. The maximum atomic E-state index is 15.5. The standard InChI is InChI=1S/C26H24FN3O3/c1-26(2,3)33-25(32)30-12-15-9-8-14(10-16(15)13-30)21-19(27)11-18(24(28)31)23-22(21)17-6-4-5-7-20(17)29-23/h4-11,29H,12-13H2,1-3H3,(H2,28,31). The van der Waals surface area contributed by atoms with Crippen molar-refractivity contribution in [2.75, 3.05) is 0 Å². The maximum absolute atomic E-state index is 15.5. The van der Waals surface area contributed by atoms with Gasteiger partial charge in [-0.15, -0.1) is 0 Å². The van der Waals surface area contributed by atoms with Gasteiger partial charge in [0.15, 0.2) is 0 Å². The summed E-state index contributed by atoms with van der Waals surface area (Å²) in [4.78, 5) is 29.4. The summed E-state index contributed by atoms with van der Waals surface area (Å²) in [5.74, 6) is -1.22. The van der Waals surface area contributed by atoms with Crippen LogP contribution in [0.25, 0.3) is 32.9 Å². The second-order valence-electron chi connectivity index (χ2n) is 9.39. The van der Waals surface area contributed by atoms with Crippen LogP contribution in [0, 0.1) is 5.82 Å². The van der Waals surface area contributed by atoms with Crippen molar-refractivity contribution in [3.63, 3.8) is 0 Å². The number of para-hydroxylation sites is 1. The highest BCUT2D eigenvalue weighted by Crippen LogP contribution is 2.39. The van der Waals surface area contributed by atoms with Gasteiger partial charge in [-0.25, -0.2) is 9.18 Å². The molecule has 1 aliphatic rings. The van der Waals surface area contributed by atoms with Gasteiger partial charge in [0.1, 0.15) is 11.4 Å². The highest BCUT2D eigenvalue weighted by atomic mass is 19.1. The molecule has 3 aromatic carbocycles. The Hall–Kier alpha value is -3.87. The van der Waals surface area contributed by atoms with Crippen LogP contribution < -0.4 is 5.73 Å². The molecule has 0 atom stereocenters. The van der Waals surface area contributed by atoms with Crippen molar-refractivity contribution < 1.29 is 18.7 Å². The Bertz CT molecular complexity index is 1450. The molecule has 2 heterocycles. The fourth-order valence-corrected chi connectivity index (χ4v) is 4.48. The fourth-order valence-electron chi connectivity index (χ4n) is 4.48. The number of fused-ring (bicyclic) bond motifs is 4. The number of H-pyrrole nitrogens is 1. The Kier molecular flexibility index (Phi) is 4.67. The van der Waals surface area contributed by atoms with Gasteiger partial charge in [-0.05, 0) is 55.7 Å². The van der Waals surface area contributed by atoms with E-state index in [9.17, 15) is 9.59 Å². The Morgan fingerprint density at radius 3 is 2.52 bits per heavy atom. The van der Waals surface area contributed by atoms with Crippen molar-refractivity contribution in [1.29, 1.82) is 0 Å². The molecule has 0 unspecified atom stereocenters. The van der Waals surface area contributed by atoms with Crippen molar-refractivity contribution in [1.82, 2.24) is 9.88 Å². The lowest BCUT2D eigenvalue weighted by Crippen LogP contribution is -2.33. The van der Waals surface area contributed by atoms with E-state index in [4.69, 9.17) is 10.5 Å². The molecular weight excluding hydrogens is 421 g/mol. The number of aromatic nitrogens is 1. The number of carbonyl (C=O) groups is 2. The van der Waals surface area contributed by atoms with Gasteiger partial charge < -0.3 is 15.5 Å². The monoisotopic (exact) mass is 445 g/mol. The van der Waals surface area contributed by atoms with Crippen molar-refractivity contribution in [3.8, 4) is 11.1 Å². The third-order valence-electron chi connectivity index (χ3n) is 5.87. The molecular formula is C26H24FN3O3. The topological polar surface area (TPSA) is 88.4 Å². The first-order chi connectivity index (χ1) is 15.6. The second kappa shape index (κ2) is 7.33. The first-order valence-corrected chi connectivity index (χ1v) is 10.8. The smallest absolute Gasteiger partial charge is 0.410 e. The van der Waals surface area contributed by atoms with Gasteiger partial charge >= 0.3 is 6.09 Å². The number of aromatic amines is 1. The van der Waals surface area contributed by atoms with E-state index in [1.807, 2.05) is 63.2 Å². The molecule has 0 fully saturated rings. The molecule has 33 heavy (non-hydrogen) atoms. The molecule has 0 saturated carbocycles. The van der Waals surface area contributed by atoms with E-state index in [1.165, 1.54) is 6.07 Å². The number of nitrogens with zero attached hydrogens (tertiary/aromatic N) is 1. The first-order valence-electron chi connectivity index (χ1n) is 10.8. The number of amides is 2. The SMILES string of the molecule is CC(C)(C)OC(=O)N1Cc2ccc(-c3c(F)cc(C(N)=O)c4[nH]c5ccccc5c34)cc2C1. The van der Waals surface area contributed by atoms with Gasteiger partial charge in [0, 0.05) is 34.9 Å². The number of hydrogen-bond donors (Lipinski definition) is 2. The van der Waals surface area contributed by atoms with Crippen LogP contribution in [-0.4, -0.2) is 27.5 Å². The van der Waals surface area contributed by atoms with Crippen LogP contribution in [0.1, 0.15) is 42.3 Å². The van der Waals surface area contributed by atoms with Gasteiger partial charge in [0.05, 0.1) is 11.1 Å². The Morgan fingerprint density at radius 1 is 1.06 bits per heavy atom. The normalized spacial score (nSPS) is 13.5. The van der Waals surface area contributed by atoms with Crippen LogP contribution >= 0.6 is 0 Å². The molecule has 3 N–H and O–H groups in total. The average Bonchev–Trinajstić information content (AvgIpc) is 3.33. The molecule has 4 aromatic rings. The zero-order valence-electron chi connectivity index (χ0n) is 18.7. The zero-order valence-corrected chi connectivity index (χ0v) is 18.7. The molecule has 5 rings (SSSR count). The third kappa shape index (κ3) is 3.59. The van der Waals surface area contributed by atoms with E-state index in [0.29, 0.717) is 35.1 Å². The van der Waals surface area contributed by atoms with E-state index < -0.39 is 17.3 Å². The van der Waals surface area contributed by atoms with Crippen LogP contribution in [0.4, 0.5) is 9.18 Å².